The van der Waals surface area contributed by atoms with Crippen LogP contribution in [0.3, 0.4) is 0 Å². The summed E-state index contributed by atoms with van der Waals surface area (Å²) in [5.74, 6) is 0. The van der Waals surface area contributed by atoms with Crippen LogP contribution in [0.5, 0.6) is 0 Å². The minimum Gasteiger partial charge on any atom is -0.337 e. The van der Waals surface area contributed by atoms with Gasteiger partial charge >= 0.3 is 0 Å². The summed E-state index contributed by atoms with van der Waals surface area (Å²) in [6.07, 6.45) is 0. The SMILES string of the molecule is Cc1ccc([C@@H](C)[NH2+]Cc2ccccc2)cc1. The molecule has 0 heterocycles. The molecule has 0 saturated carbocycles. The maximum Gasteiger partial charge on any atom is 0.109 e. The molecule has 2 rings (SSSR count). The molecule has 1 atom stereocenters. The first-order chi connectivity index (χ1) is 8.25. The zero-order valence-corrected chi connectivity index (χ0v) is 10.6. The summed E-state index contributed by atoms with van der Waals surface area (Å²) in [6, 6.07) is 19.9. The highest BCUT2D eigenvalue weighted by Crippen LogP contribution is 2.09. The second kappa shape index (κ2) is 5.65. The first-order valence-electron chi connectivity index (χ1n) is 6.19. The van der Waals surface area contributed by atoms with Crippen LogP contribution in [0.25, 0.3) is 0 Å². The highest BCUT2D eigenvalue weighted by molar-refractivity contribution is 5.22. The Balaban J connectivity index is 1.93. The molecule has 0 saturated heterocycles. The van der Waals surface area contributed by atoms with Gasteiger partial charge in [0.05, 0.1) is 0 Å². The van der Waals surface area contributed by atoms with Gasteiger partial charge in [0.1, 0.15) is 12.6 Å². The number of nitrogens with two attached hydrogens (primary N) is 1. The minimum absolute atomic E-state index is 0.510. The van der Waals surface area contributed by atoms with Gasteiger partial charge in [0.15, 0.2) is 0 Å². The average molecular weight is 226 g/mol. The molecule has 17 heavy (non-hydrogen) atoms. The van der Waals surface area contributed by atoms with Crippen LogP contribution in [0.15, 0.2) is 54.6 Å². The molecule has 0 unspecified atom stereocenters. The van der Waals surface area contributed by atoms with E-state index in [2.05, 4.69) is 73.8 Å². The predicted molar refractivity (Wildman–Crippen MR) is 71.7 cm³/mol. The lowest BCUT2D eigenvalue weighted by molar-refractivity contribution is -0.707. The van der Waals surface area contributed by atoms with Crippen LogP contribution < -0.4 is 5.32 Å². The van der Waals surface area contributed by atoms with Crippen LogP contribution in [0.1, 0.15) is 29.7 Å². The molecular weight excluding hydrogens is 206 g/mol. The molecule has 0 aliphatic rings. The summed E-state index contributed by atoms with van der Waals surface area (Å²) in [6.45, 7) is 5.42. The number of hydrogen-bond acceptors (Lipinski definition) is 0. The molecule has 0 spiro atoms. The highest BCUT2D eigenvalue weighted by Gasteiger charge is 2.07. The summed E-state index contributed by atoms with van der Waals surface area (Å²) in [5.41, 5.74) is 4.10. The smallest absolute Gasteiger partial charge is 0.109 e. The maximum absolute atomic E-state index is 2.38. The van der Waals surface area contributed by atoms with Crippen LogP contribution in [-0.2, 0) is 6.54 Å². The number of aryl methyl sites for hydroxylation is 1. The Hall–Kier alpha value is -1.60. The number of rotatable bonds is 4. The van der Waals surface area contributed by atoms with Crippen molar-refractivity contribution in [3.63, 3.8) is 0 Å². The van der Waals surface area contributed by atoms with Crippen molar-refractivity contribution in [2.75, 3.05) is 0 Å². The zero-order chi connectivity index (χ0) is 12.1. The van der Waals surface area contributed by atoms with E-state index in [4.69, 9.17) is 0 Å². The molecule has 2 N–H and O–H groups in total. The van der Waals surface area contributed by atoms with Crippen molar-refractivity contribution in [1.82, 2.24) is 0 Å². The molecule has 0 amide bonds. The zero-order valence-electron chi connectivity index (χ0n) is 10.6. The van der Waals surface area contributed by atoms with Gasteiger partial charge in [-0.25, -0.2) is 0 Å². The maximum atomic E-state index is 2.38. The molecular formula is C16H20N+. The molecule has 0 radical (unpaired) electrons. The van der Waals surface area contributed by atoms with E-state index in [0.717, 1.165) is 6.54 Å². The topological polar surface area (TPSA) is 16.6 Å². The molecule has 2 aromatic carbocycles. The van der Waals surface area contributed by atoms with Crippen LogP contribution in [0.4, 0.5) is 0 Å². The third-order valence-corrected chi connectivity index (χ3v) is 3.15. The van der Waals surface area contributed by atoms with Crippen molar-refractivity contribution in [2.45, 2.75) is 26.4 Å². The molecule has 0 aliphatic carbocycles. The van der Waals surface area contributed by atoms with Gasteiger partial charge in [-0.3, -0.25) is 0 Å². The van der Waals surface area contributed by atoms with E-state index < -0.39 is 0 Å². The lowest BCUT2D eigenvalue weighted by Gasteiger charge is -2.11. The Labute approximate surface area is 103 Å². The Morgan fingerprint density at radius 3 is 2.24 bits per heavy atom. The molecule has 0 aliphatic heterocycles. The fourth-order valence-electron chi connectivity index (χ4n) is 1.93. The fraction of sp³-hybridized carbons (Fsp3) is 0.250. The number of benzene rings is 2. The van der Waals surface area contributed by atoms with E-state index in [1.807, 2.05) is 0 Å². The summed E-state index contributed by atoms with van der Waals surface area (Å²) >= 11 is 0. The average Bonchev–Trinajstić information content (AvgIpc) is 2.38. The van der Waals surface area contributed by atoms with Gasteiger partial charge in [0.2, 0.25) is 0 Å². The Bertz CT molecular complexity index is 445. The number of hydrogen-bond donors (Lipinski definition) is 1. The monoisotopic (exact) mass is 226 g/mol. The quantitative estimate of drug-likeness (QED) is 0.825. The highest BCUT2D eigenvalue weighted by atomic mass is 14.9. The van der Waals surface area contributed by atoms with Crippen LogP contribution in [0.2, 0.25) is 0 Å². The Morgan fingerprint density at radius 2 is 1.59 bits per heavy atom. The number of quaternary nitrogens is 1. The summed E-state index contributed by atoms with van der Waals surface area (Å²) < 4.78 is 0. The van der Waals surface area contributed by atoms with Crippen LogP contribution >= 0.6 is 0 Å². The van der Waals surface area contributed by atoms with Crippen molar-refractivity contribution in [3.8, 4) is 0 Å². The fourth-order valence-corrected chi connectivity index (χ4v) is 1.93. The van der Waals surface area contributed by atoms with Gasteiger partial charge in [-0.1, -0.05) is 60.2 Å². The van der Waals surface area contributed by atoms with E-state index in [0.29, 0.717) is 6.04 Å². The van der Waals surface area contributed by atoms with Gasteiger partial charge in [-0.15, -0.1) is 0 Å². The van der Waals surface area contributed by atoms with E-state index in [-0.39, 0.29) is 0 Å². The third-order valence-electron chi connectivity index (χ3n) is 3.15. The van der Waals surface area contributed by atoms with E-state index in [9.17, 15) is 0 Å². The third kappa shape index (κ3) is 3.43. The molecule has 1 heteroatoms. The van der Waals surface area contributed by atoms with Crippen molar-refractivity contribution in [2.24, 2.45) is 0 Å². The Morgan fingerprint density at radius 1 is 0.941 bits per heavy atom. The summed E-state index contributed by atoms with van der Waals surface area (Å²) in [4.78, 5) is 0. The van der Waals surface area contributed by atoms with Crippen molar-refractivity contribution < 1.29 is 5.32 Å². The van der Waals surface area contributed by atoms with Crippen LogP contribution in [-0.4, -0.2) is 0 Å². The predicted octanol–water partition coefficient (Wildman–Crippen LogP) is 2.82. The molecule has 88 valence electrons. The normalized spacial score (nSPS) is 12.4. The first kappa shape index (κ1) is 11.9. The van der Waals surface area contributed by atoms with Crippen molar-refractivity contribution in [3.05, 3.63) is 71.3 Å². The minimum atomic E-state index is 0.510. The standard InChI is InChI=1S/C16H19N/c1-13-8-10-16(11-9-13)14(2)17-12-15-6-4-3-5-7-15/h3-11,14,17H,12H2,1-2H3/p+1/t14-/m1/s1. The second-order valence-corrected chi connectivity index (χ2v) is 4.62. The molecule has 0 aromatic heterocycles. The van der Waals surface area contributed by atoms with Gasteiger partial charge in [-0.05, 0) is 13.8 Å². The van der Waals surface area contributed by atoms with Crippen molar-refractivity contribution >= 4 is 0 Å². The lowest BCUT2D eigenvalue weighted by Crippen LogP contribution is -2.83. The van der Waals surface area contributed by atoms with Gasteiger partial charge < -0.3 is 5.32 Å². The molecule has 0 fully saturated rings. The second-order valence-electron chi connectivity index (χ2n) is 4.62. The van der Waals surface area contributed by atoms with Crippen molar-refractivity contribution in [1.29, 1.82) is 0 Å². The van der Waals surface area contributed by atoms with Gasteiger partial charge in [-0.2, -0.15) is 0 Å². The summed E-state index contributed by atoms with van der Waals surface area (Å²) in [7, 11) is 0. The summed E-state index contributed by atoms with van der Waals surface area (Å²) in [5, 5.41) is 2.38. The van der Waals surface area contributed by atoms with Gasteiger partial charge in [0, 0.05) is 11.1 Å². The molecule has 0 bridgehead atoms. The molecule has 1 nitrogen and oxygen atoms in total. The van der Waals surface area contributed by atoms with Gasteiger partial charge in [0.25, 0.3) is 0 Å². The largest absolute Gasteiger partial charge is 0.337 e. The van der Waals surface area contributed by atoms with E-state index >= 15 is 0 Å². The van der Waals surface area contributed by atoms with E-state index in [1.165, 1.54) is 16.7 Å². The molecule has 2 aromatic rings. The Kier molecular flexibility index (Phi) is 3.94. The van der Waals surface area contributed by atoms with E-state index in [1.54, 1.807) is 0 Å². The van der Waals surface area contributed by atoms with Crippen LogP contribution in [0, 0.1) is 6.92 Å². The lowest BCUT2D eigenvalue weighted by atomic mass is 10.1. The first-order valence-corrected chi connectivity index (χ1v) is 6.19.